The molecule has 0 bridgehead atoms. The van der Waals surface area contributed by atoms with E-state index in [-0.39, 0.29) is 35.7 Å². The Morgan fingerprint density at radius 3 is 1.65 bits per heavy atom. The van der Waals surface area contributed by atoms with Crippen LogP contribution in [-0.2, 0) is 28.9 Å². The van der Waals surface area contributed by atoms with E-state index < -0.39 is 26.1 Å². The zero-order valence-corrected chi connectivity index (χ0v) is 23.2. The van der Waals surface area contributed by atoms with Gasteiger partial charge in [0.1, 0.15) is 18.1 Å². The van der Waals surface area contributed by atoms with Crippen LogP contribution >= 0.6 is 0 Å². The quantitative estimate of drug-likeness (QED) is 0.280. The number of hydrogen-bond acceptors (Lipinski definition) is 11. The van der Waals surface area contributed by atoms with Crippen molar-refractivity contribution in [2.75, 3.05) is 54.2 Å². The van der Waals surface area contributed by atoms with Crippen molar-refractivity contribution in [1.82, 2.24) is 0 Å². The van der Waals surface area contributed by atoms with Gasteiger partial charge in [-0.15, -0.1) is 0 Å². The molecule has 1 heterocycles. The van der Waals surface area contributed by atoms with Gasteiger partial charge in [0.2, 0.25) is 5.75 Å². The predicted octanol–water partition coefficient (Wildman–Crippen LogP) is 3.07. The van der Waals surface area contributed by atoms with Crippen LogP contribution < -0.4 is 23.7 Å². The topological polar surface area (TPSA) is 133 Å². The maximum absolute atomic E-state index is 12.6. The monoisotopic (exact) mass is 560 g/mol. The molecule has 0 radical (unpaired) electrons. The fourth-order valence-electron chi connectivity index (χ4n) is 4.10. The number of benzene rings is 2. The standard InChI is InChI=1S/C24H32O11S2/c1-29-19-11-15(12-20(30-2)23(19)32-4)17-7-8-18(35-17)16-13-21(31-3)24(22(14-16)36(5,25)26)33-9-10-34-37(6,27)28/h11-14,17-18H,7-10H2,1-6H3. The molecule has 1 aliphatic heterocycles. The summed E-state index contributed by atoms with van der Waals surface area (Å²) in [5, 5.41) is 0. The van der Waals surface area contributed by atoms with Crippen molar-refractivity contribution in [3.05, 3.63) is 35.4 Å². The third kappa shape index (κ3) is 6.98. The molecule has 2 aromatic rings. The Hall–Kier alpha value is -2.74. The molecule has 13 heteroatoms. The minimum absolute atomic E-state index is 0.0231. The molecule has 0 N–H and O–H groups in total. The second-order valence-electron chi connectivity index (χ2n) is 8.35. The van der Waals surface area contributed by atoms with Crippen molar-refractivity contribution in [3.63, 3.8) is 0 Å². The second kappa shape index (κ2) is 11.8. The average Bonchev–Trinajstić information content (AvgIpc) is 3.34. The van der Waals surface area contributed by atoms with Gasteiger partial charge in [0, 0.05) is 6.26 Å². The van der Waals surface area contributed by atoms with Gasteiger partial charge >= 0.3 is 0 Å². The lowest BCUT2D eigenvalue weighted by molar-refractivity contribution is 0.0435. The lowest BCUT2D eigenvalue weighted by atomic mass is 10.0. The molecule has 2 atom stereocenters. The van der Waals surface area contributed by atoms with Gasteiger partial charge in [0.25, 0.3) is 10.1 Å². The van der Waals surface area contributed by atoms with Gasteiger partial charge in [0.05, 0.1) is 46.9 Å². The summed E-state index contributed by atoms with van der Waals surface area (Å²) in [5.41, 5.74) is 1.44. The van der Waals surface area contributed by atoms with Crippen molar-refractivity contribution >= 4 is 20.0 Å². The van der Waals surface area contributed by atoms with Gasteiger partial charge in [-0.3, -0.25) is 4.18 Å². The smallest absolute Gasteiger partial charge is 0.264 e. The third-order valence-corrected chi connectivity index (χ3v) is 7.44. The Labute approximate surface area is 217 Å². The van der Waals surface area contributed by atoms with Crippen molar-refractivity contribution in [2.24, 2.45) is 0 Å². The van der Waals surface area contributed by atoms with Crippen LogP contribution in [0.15, 0.2) is 29.2 Å². The van der Waals surface area contributed by atoms with Crippen LogP contribution in [0, 0.1) is 0 Å². The zero-order valence-electron chi connectivity index (χ0n) is 21.6. The van der Waals surface area contributed by atoms with Crippen molar-refractivity contribution < 1.29 is 49.4 Å². The Kier molecular flexibility index (Phi) is 9.16. The second-order valence-corrected chi connectivity index (χ2v) is 12.0. The summed E-state index contributed by atoms with van der Waals surface area (Å²) < 4.78 is 85.9. The summed E-state index contributed by atoms with van der Waals surface area (Å²) in [6.07, 6.45) is 2.55. The van der Waals surface area contributed by atoms with E-state index >= 15 is 0 Å². The van der Waals surface area contributed by atoms with Crippen LogP contribution in [0.4, 0.5) is 0 Å². The fourth-order valence-corrected chi connectivity index (χ4v) is 5.31. The highest BCUT2D eigenvalue weighted by atomic mass is 32.2. The van der Waals surface area contributed by atoms with Gasteiger partial charge in [-0.1, -0.05) is 0 Å². The molecule has 2 aromatic carbocycles. The first-order chi connectivity index (χ1) is 17.4. The van der Waals surface area contributed by atoms with Crippen molar-refractivity contribution in [3.8, 4) is 28.7 Å². The number of hydrogen-bond donors (Lipinski definition) is 0. The van der Waals surface area contributed by atoms with Crippen LogP contribution in [0.3, 0.4) is 0 Å². The Bertz CT molecular complexity index is 1300. The molecule has 37 heavy (non-hydrogen) atoms. The van der Waals surface area contributed by atoms with Gasteiger partial charge in [-0.05, 0) is 48.2 Å². The molecule has 11 nitrogen and oxygen atoms in total. The molecule has 0 aliphatic carbocycles. The summed E-state index contributed by atoms with van der Waals surface area (Å²) >= 11 is 0. The summed E-state index contributed by atoms with van der Waals surface area (Å²) in [4.78, 5) is -0.0963. The summed E-state index contributed by atoms with van der Waals surface area (Å²) in [7, 11) is -1.41. The van der Waals surface area contributed by atoms with Gasteiger partial charge < -0.3 is 28.4 Å². The predicted molar refractivity (Wildman–Crippen MR) is 134 cm³/mol. The maximum Gasteiger partial charge on any atom is 0.264 e. The zero-order chi connectivity index (χ0) is 27.4. The normalized spacial score (nSPS) is 17.9. The van der Waals surface area contributed by atoms with Crippen molar-refractivity contribution in [2.45, 2.75) is 29.9 Å². The molecule has 0 spiro atoms. The largest absolute Gasteiger partial charge is 0.493 e. The first-order valence-corrected chi connectivity index (χ1v) is 15.0. The number of sulfone groups is 1. The molecule has 1 aliphatic rings. The molecule has 0 saturated carbocycles. The highest BCUT2D eigenvalue weighted by Crippen LogP contribution is 2.47. The highest BCUT2D eigenvalue weighted by molar-refractivity contribution is 7.90. The van der Waals surface area contributed by atoms with E-state index in [1.165, 1.54) is 34.5 Å². The van der Waals surface area contributed by atoms with Crippen molar-refractivity contribution in [1.29, 1.82) is 0 Å². The Balaban J connectivity index is 1.90. The number of ether oxygens (including phenoxy) is 6. The Morgan fingerprint density at radius 1 is 0.730 bits per heavy atom. The van der Waals surface area contributed by atoms with Crippen LogP contribution in [0.1, 0.15) is 36.2 Å². The molecule has 0 aromatic heterocycles. The maximum atomic E-state index is 12.6. The lowest BCUT2D eigenvalue weighted by Crippen LogP contribution is -2.14. The lowest BCUT2D eigenvalue weighted by Gasteiger charge is -2.20. The summed E-state index contributed by atoms with van der Waals surface area (Å²) in [5.74, 6) is 1.64. The number of methoxy groups -OCH3 is 4. The van der Waals surface area contributed by atoms with Gasteiger partial charge in [0.15, 0.2) is 32.8 Å². The molecule has 0 amide bonds. The third-order valence-electron chi connectivity index (χ3n) is 5.74. The van der Waals surface area contributed by atoms with Gasteiger partial charge in [-0.2, -0.15) is 8.42 Å². The fraction of sp³-hybridized carbons (Fsp3) is 0.500. The minimum Gasteiger partial charge on any atom is -0.493 e. The number of rotatable bonds is 12. The van der Waals surface area contributed by atoms with Crippen LogP contribution in [0.5, 0.6) is 28.7 Å². The van der Waals surface area contributed by atoms with E-state index in [0.717, 1.165) is 18.1 Å². The first-order valence-electron chi connectivity index (χ1n) is 11.3. The molecule has 206 valence electrons. The highest BCUT2D eigenvalue weighted by Gasteiger charge is 2.32. The molecule has 3 rings (SSSR count). The van der Waals surface area contributed by atoms with Crippen LogP contribution in [0.25, 0.3) is 0 Å². The first kappa shape index (κ1) is 28.8. The van der Waals surface area contributed by atoms with Crippen LogP contribution in [0.2, 0.25) is 0 Å². The molecule has 1 fully saturated rings. The average molecular weight is 561 g/mol. The summed E-state index contributed by atoms with van der Waals surface area (Å²) in [6.45, 7) is -0.483. The SMILES string of the molecule is COc1cc(C2CCC(c3cc(OC)c(OCCOS(C)(=O)=O)c(S(C)(=O)=O)c3)O2)cc(OC)c1OC. The van der Waals surface area contributed by atoms with Gasteiger partial charge in [-0.25, -0.2) is 8.42 Å². The Morgan fingerprint density at radius 2 is 1.22 bits per heavy atom. The molecule has 2 unspecified atom stereocenters. The van der Waals surface area contributed by atoms with Crippen LogP contribution in [-0.4, -0.2) is 71.0 Å². The van der Waals surface area contributed by atoms with E-state index in [1.807, 2.05) is 12.1 Å². The molecular weight excluding hydrogens is 528 g/mol. The summed E-state index contributed by atoms with van der Waals surface area (Å²) in [6, 6.07) is 6.80. The van der Waals surface area contributed by atoms with E-state index in [1.54, 1.807) is 6.07 Å². The van der Waals surface area contributed by atoms with E-state index in [4.69, 9.17) is 28.4 Å². The van der Waals surface area contributed by atoms with E-state index in [2.05, 4.69) is 4.18 Å². The minimum atomic E-state index is -3.74. The van der Waals surface area contributed by atoms with E-state index in [9.17, 15) is 16.8 Å². The molecular formula is C24H32O11S2. The molecule has 1 saturated heterocycles. The van der Waals surface area contributed by atoms with E-state index in [0.29, 0.717) is 35.7 Å².